The van der Waals surface area contributed by atoms with Crippen molar-refractivity contribution in [1.82, 2.24) is 0 Å². The highest BCUT2D eigenvalue weighted by Crippen LogP contribution is 2.20. The number of nitriles is 1. The lowest BCUT2D eigenvalue weighted by Crippen LogP contribution is -2.09. The SMILES string of the molecule is CCOS(=O)(=O)c1ccccc1CCCCCCCCCCCCC#N. The van der Waals surface area contributed by atoms with Gasteiger partial charge in [-0.25, -0.2) is 0 Å². The molecule has 0 fully saturated rings. The maximum absolute atomic E-state index is 12.1. The molecule has 0 saturated heterocycles. The van der Waals surface area contributed by atoms with Gasteiger partial charge in [0, 0.05) is 6.42 Å². The fraction of sp³-hybridized carbons (Fsp3) is 0.667. The van der Waals surface area contributed by atoms with Crippen molar-refractivity contribution in [3.63, 3.8) is 0 Å². The standard InChI is InChI=1S/C21H33NO3S/c1-2-25-26(23,24)21-18-14-13-17-20(21)16-12-10-8-6-4-3-5-7-9-11-15-19-22/h13-14,17-18H,2-12,15-16H2,1H3. The molecule has 0 saturated carbocycles. The van der Waals surface area contributed by atoms with Crippen LogP contribution in [0.3, 0.4) is 0 Å². The third-order valence-corrected chi connectivity index (χ3v) is 5.98. The molecule has 0 bridgehead atoms. The fourth-order valence-corrected chi connectivity index (χ4v) is 4.28. The van der Waals surface area contributed by atoms with E-state index in [4.69, 9.17) is 9.44 Å². The van der Waals surface area contributed by atoms with Gasteiger partial charge in [-0.05, 0) is 37.8 Å². The van der Waals surface area contributed by atoms with Gasteiger partial charge in [0.1, 0.15) is 0 Å². The number of nitrogens with zero attached hydrogens (tertiary/aromatic N) is 1. The summed E-state index contributed by atoms with van der Waals surface area (Å²) in [7, 11) is -3.63. The minimum absolute atomic E-state index is 0.162. The summed E-state index contributed by atoms with van der Waals surface area (Å²) in [5.41, 5.74) is 0.860. The molecule has 0 aliphatic rings. The second-order valence-corrected chi connectivity index (χ2v) is 8.25. The number of benzene rings is 1. The third kappa shape index (κ3) is 9.35. The Morgan fingerprint density at radius 3 is 2.00 bits per heavy atom. The zero-order chi connectivity index (χ0) is 19.1. The Bertz CT molecular complexity index is 635. The average Bonchev–Trinajstić information content (AvgIpc) is 2.63. The molecule has 0 aromatic heterocycles. The maximum atomic E-state index is 12.1. The van der Waals surface area contributed by atoms with Gasteiger partial charge in [0.2, 0.25) is 0 Å². The molecule has 5 heteroatoms. The van der Waals surface area contributed by atoms with Gasteiger partial charge in [-0.1, -0.05) is 69.6 Å². The highest BCUT2D eigenvalue weighted by atomic mass is 32.2. The van der Waals surface area contributed by atoms with E-state index in [1.165, 1.54) is 44.9 Å². The summed E-state index contributed by atoms with van der Waals surface area (Å²) in [4.78, 5) is 0.318. The molecular formula is C21H33NO3S. The number of hydrogen-bond donors (Lipinski definition) is 0. The van der Waals surface area contributed by atoms with E-state index in [9.17, 15) is 8.42 Å². The van der Waals surface area contributed by atoms with Crippen LogP contribution in [0, 0.1) is 11.3 Å². The molecule has 4 nitrogen and oxygen atoms in total. The largest absolute Gasteiger partial charge is 0.297 e. The van der Waals surface area contributed by atoms with Crippen LogP contribution in [0.25, 0.3) is 0 Å². The predicted octanol–water partition coefficient (Wildman–Crippen LogP) is 5.77. The van der Waals surface area contributed by atoms with Crippen LogP contribution in [0.15, 0.2) is 29.2 Å². The second kappa shape index (κ2) is 13.8. The smallest absolute Gasteiger partial charge is 0.267 e. The van der Waals surface area contributed by atoms with Crippen LogP contribution in [0.1, 0.15) is 83.1 Å². The van der Waals surface area contributed by atoms with Gasteiger partial charge in [0.15, 0.2) is 0 Å². The quantitative estimate of drug-likeness (QED) is 0.286. The van der Waals surface area contributed by atoms with E-state index in [0.717, 1.165) is 31.2 Å². The normalized spacial score (nSPS) is 11.4. The first kappa shape index (κ1) is 22.7. The predicted molar refractivity (Wildman–Crippen MR) is 105 cm³/mol. The van der Waals surface area contributed by atoms with Gasteiger partial charge in [0.05, 0.1) is 17.6 Å². The summed E-state index contributed by atoms with van der Waals surface area (Å²) in [6.45, 7) is 1.85. The van der Waals surface area contributed by atoms with Crippen molar-refractivity contribution < 1.29 is 12.6 Å². The Balaban J connectivity index is 2.16. The molecule has 0 heterocycles. The Morgan fingerprint density at radius 2 is 1.42 bits per heavy atom. The molecule has 0 amide bonds. The molecule has 0 radical (unpaired) electrons. The fourth-order valence-electron chi connectivity index (χ4n) is 3.11. The molecule has 1 aromatic rings. The van der Waals surface area contributed by atoms with Crippen molar-refractivity contribution in [3.05, 3.63) is 29.8 Å². The van der Waals surface area contributed by atoms with Crippen LogP contribution in [-0.4, -0.2) is 15.0 Å². The summed E-state index contributed by atoms with van der Waals surface area (Å²) in [6, 6.07) is 9.34. The lowest BCUT2D eigenvalue weighted by molar-refractivity contribution is 0.337. The molecular weight excluding hydrogens is 346 g/mol. The van der Waals surface area contributed by atoms with E-state index in [0.29, 0.717) is 11.3 Å². The van der Waals surface area contributed by atoms with Crippen molar-refractivity contribution in [3.8, 4) is 6.07 Å². The summed E-state index contributed by atoms with van der Waals surface area (Å²) in [5, 5.41) is 8.48. The molecule has 1 aromatic carbocycles. The molecule has 26 heavy (non-hydrogen) atoms. The van der Waals surface area contributed by atoms with Crippen molar-refractivity contribution in [2.24, 2.45) is 0 Å². The number of rotatable bonds is 15. The van der Waals surface area contributed by atoms with Gasteiger partial charge >= 0.3 is 0 Å². The highest BCUT2D eigenvalue weighted by molar-refractivity contribution is 7.86. The zero-order valence-corrected chi connectivity index (χ0v) is 16.9. The Hall–Kier alpha value is -1.38. The molecule has 0 spiro atoms. The Morgan fingerprint density at radius 1 is 0.885 bits per heavy atom. The number of hydrogen-bond acceptors (Lipinski definition) is 4. The molecule has 0 N–H and O–H groups in total. The Labute approximate surface area is 159 Å². The second-order valence-electron chi connectivity index (χ2n) is 6.66. The molecule has 1 rings (SSSR count). The van der Waals surface area contributed by atoms with Gasteiger partial charge in [-0.2, -0.15) is 13.7 Å². The van der Waals surface area contributed by atoms with Gasteiger partial charge < -0.3 is 0 Å². The molecule has 0 aliphatic carbocycles. The molecule has 146 valence electrons. The van der Waals surface area contributed by atoms with E-state index in [1.807, 2.05) is 12.1 Å². The molecule has 0 atom stereocenters. The van der Waals surface area contributed by atoms with E-state index < -0.39 is 10.1 Å². The summed E-state index contributed by atoms with van der Waals surface area (Å²) in [6.07, 6.45) is 13.3. The third-order valence-electron chi connectivity index (χ3n) is 4.50. The lowest BCUT2D eigenvalue weighted by Gasteiger charge is -2.09. The molecule has 0 unspecified atom stereocenters. The lowest BCUT2D eigenvalue weighted by atomic mass is 10.0. The van der Waals surface area contributed by atoms with Crippen LogP contribution in [-0.2, 0) is 20.7 Å². The van der Waals surface area contributed by atoms with Crippen molar-refractivity contribution in [2.45, 2.75) is 88.9 Å². The van der Waals surface area contributed by atoms with Crippen molar-refractivity contribution in [1.29, 1.82) is 5.26 Å². The van der Waals surface area contributed by atoms with Crippen LogP contribution in [0.2, 0.25) is 0 Å². The number of unbranched alkanes of at least 4 members (excludes halogenated alkanes) is 10. The van der Waals surface area contributed by atoms with E-state index in [2.05, 4.69) is 6.07 Å². The first-order chi connectivity index (χ1) is 12.6. The molecule has 0 aliphatic heterocycles. The Kier molecular flexibility index (Phi) is 12.0. The van der Waals surface area contributed by atoms with E-state index >= 15 is 0 Å². The van der Waals surface area contributed by atoms with Crippen molar-refractivity contribution >= 4 is 10.1 Å². The summed E-state index contributed by atoms with van der Waals surface area (Å²) < 4.78 is 29.2. The van der Waals surface area contributed by atoms with Crippen LogP contribution in [0.5, 0.6) is 0 Å². The van der Waals surface area contributed by atoms with E-state index in [1.54, 1.807) is 19.1 Å². The monoisotopic (exact) mass is 379 g/mol. The van der Waals surface area contributed by atoms with E-state index in [-0.39, 0.29) is 6.61 Å². The highest BCUT2D eigenvalue weighted by Gasteiger charge is 2.17. The minimum Gasteiger partial charge on any atom is -0.267 e. The van der Waals surface area contributed by atoms with Gasteiger partial charge in [-0.3, -0.25) is 4.18 Å². The maximum Gasteiger partial charge on any atom is 0.297 e. The van der Waals surface area contributed by atoms with Crippen molar-refractivity contribution in [2.75, 3.05) is 6.61 Å². The zero-order valence-electron chi connectivity index (χ0n) is 16.1. The average molecular weight is 380 g/mol. The summed E-state index contributed by atoms with van der Waals surface area (Å²) >= 11 is 0. The van der Waals surface area contributed by atoms with Crippen LogP contribution in [0.4, 0.5) is 0 Å². The number of aryl methyl sites for hydroxylation is 1. The summed E-state index contributed by atoms with van der Waals surface area (Å²) in [5.74, 6) is 0. The first-order valence-electron chi connectivity index (χ1n) is 9.96. The first-order valence-corrected chi connectivity index (χ1v) is 11.4. The van der Waals surface area contributed by atoms with Crippen LogP contribution < -0.4 is 0 Å². The van der Waals surface area contributed by atoms with Gasteiger partial charge in [-0.15, -0.1) is 0 Å². The minimum atomic E-state index is -3.63. The van der Waals surface area contributed by atoms with Gasteiger partial charge in [0.25, 0.3) is 10.1 Å². The topological polar surface area (TPSA) is 67.2 Å². The van der Waals surface area contributed by atoms with Crippen LogP contribution >= 0.6 is 0 Å².